The van der Waals surface area contributed by atoms with E-state index < -0.39 is 6.10 Å². The highest BCUT2D eigenvalue weighted by Gasteiger charge is 2.30. The Bertz CT molecular complexity index is 702. The maximum atomic E-state index is 12.2. The summed E-state index contributed by atoms with van der Waals surface area (Å²) >= 11 is 1.36. The summed E-state index contributed by atoms with van der Waals surface area (Å²) < 4.78 is 5.59. The summed E-state index contributed by atoms with van der Waals surface area (Å²) in [5.41, 5.74) is 8.93. The number of aryl methyl sites for hydroxylation is 2. The zero-order valence-electron chi connectivity index (χ0n) is 13.6. The number of benzene rings is 1. The van der Waals surface area contributed by atoms with Crippen molar-refractivity contribution >= 4 is 34.8 Å². The van der Waals surface area contributed by atoms with Crippen molar-refractivity contribution < 1.29 is 9.53 Å². The molecule has 6 nitrogen and oxygen atoms in total. The van der Waals surface area contributed by atoms with Gasteiger partial charge in [-0.2, -0.15) is 0 Å². The second-order valence-corrected chi connectivity index (χ2v) is 6.82. The van der Waals surface area contributed by atoms with Gasteiger partial charge < -0.3 is 10.5 Å². The first-order valence-corrected chi connectivity index (χ1v) is 8.45. The second kappa shape index (κ2) is 8.02. The lowest BCUT2D eigenvalue weighted by atomic mass is 10.1. The highest BCUT2D eigenvalue weighted by molar-refractivity contribution is 7.18. The van der Waals surface area contributed by atoms with E-state index in [4.69, 9.17) is 10.5 Å². The number of nitrogens with zero attached hydrogens (tertiary/aromatic N) is 2. The Morgan fingerprint density at radius 1 is 1.29 bits per heavy atom. The fourth-order valence-corrected chi connectivity index (χ4v) is 3.48. The van der Waals surface area contributed by atoms with Crippen LogP contribution < -0.4 is 11.1 Å². The highest BCUT2D eigenvalue weighted by atomic mass is 35.5. The molecular formula is C16H21ClN4O2S. The number of halogens is 1. The van der Waals surface area contributed by atoms with Gasteiger partial charge in [0.05, 0.1) is 6.10 Å². The van der Waals surface area contributed by atoms with E-state index in [2.05, 4.69) is 33.7 Å². The minimum absolute atomic E-state index is 0. The van der Waals surface area contributed by atoms with Crippen molar-refractivity contribution in [1.29, 1.82) is 0 Å². The maximum absolute atomic E-state index is 12.2. The Labute approximate surface area is 151 Å². The van der Waals surface area contributed by atoms with Crippen LogP contribution in [0.25, 0.3) is 10.6 Å². The topological polar surface area (TPSA) is 90.1 Å². The molecule has 8 heteroatoms. The van der Waals surface area contributed by atoms with Crippen molar-refractivity contribution in [3.8, 4) is 10.6 Å². The molecule has 0 saturated carbocycles. The summed E-state index contributed by atoms with van der Waals surface area (Å²) in [6.07, 6.45) is 1.04. The minimum atomic E-state index is -0.447. The average Bonchev–Trinajstić information content (AvgIpc) is 3.15. The Hall–Kier alpha value is -1.54. The highest BCUT2D eigenvalue weighted by Crippen LogP contribution is 2.28. The number of hydrogen-bond acceptors (Lipinski definition) is 6. The second-order valence-electron chi connectivity index (χ2n) is 5.84. The molecule has 2 aromatic rings. The number of hydrogen-bond donors (Lipinski definition) is 2. The molecule has 130 valence electrons. The zero-order chi connectivity index (χ0) is 16.4. The van der Waals surface area contributed by atoms with Crippen LogP contribution in [0.4, 0.5) is 5.13 Å². The number of amides is 1. The van der Waals surface area contributed by atoms with Gasteiger partial charge in [0.1, 0.15) is 11.1 Å². The third-order valence-electron chi connectivity index (χ3n) is 3.79. The van der Waals surface area contributed by atoms with Crippen LogP contribution in [0.3, 0.4) is 0 Å². The Balaban J connectivity index is 0.00000208. The molecular weight excluding hydrogens is 348 g/mol. The maximum Gasteiger partial charge on any atom is 0.255 e. The van der Waals surface area contributed by atoms with E-state index in [1.807, 2.05) is 13.8 Å². The van der Waals surface area contributed by atoms with Crippen LogP contribution in [0.1, 0.15) is 24.0 Å². The minimum Gasteiger partial charge on any atom is -0.364 e. The SMILES string of the molecule is Cc1cc(C)cc(-c2nnc(NC(=O)[C@@H]3CC[C@H](CN)O3)s2)c1.Cl. The molecule has 1 saturated heterocycles. The largest absolute Gasteiger partial charge is 0.364 e. The van der Waals surface area contributed by atoms with Gasteiger partial charge in [0.25, 0.3) is 5.91 Å². The fraction of sp³-hybridized carbons (Fsp3) is 0.438. The first kappa shape index (κ1) is 18.8. The molecule has 3 rings (SSSR count). The molecule has 0 unspecified atom stereocenters. The van der Waals surface area contributed by atoms with Crippen molar-refractivity contribution in [2.24, 2.45) is 5.73 Å². The third kappa shape index (κ3) is 4.30. The molecule has 1 amide bonds. The van der Waals surface area contributed by atoms with Crippen LogP contribution in [0.15, 0.2) is 18.2 Å². The van der Waals surface area contributed by atoms with Crippen molar-refractivity contribution in [1.82, 2.24) is 10.2 Å². The lowest BCUT2D eigenvalue weighted by Crippen LogP contribution is -2.29. The average molecular weight is 369 g/mol. The van der Waals surface area contributed by atoms with E-state index in [1.165, 1.54) is 22.5 Å². The van der Waals surface area contributed by atoms with Crippen molar-refractivity contribution in [2.75, 3.05) is 11.9 Å². The molecule has 1 fully saturated rings. The fourth-order valence-electron chi connectivity index (χ4n) is 2.75. The smallest absolute Gasteiger partial charge is 0.255 e. The van der Waals surface area contributed by atoms with E-state index in [0.29, 0.717) is 18.1 Å². The molecule has 1 aliphatic rings. The summed E-state index contributed by atoms with van der Waals surface area (Å²) in [4.78, 5) is 12.2. The van der Waals surface area contributed by atoms with Crippen LogP contribution in [0.5, 0.6) is 0 Å². The molecule has 0 radical (unpaired) electrons. The van der Waals surface area contributed by atoms with Crippen LogP contribution in [0.2, 0.25) is 0 Å². The predicted octanol–water partition coefficient (Wildman–Crippen LogP) is 2.69. The first-order chi connectivity index (χ1) is 11.0. The number of rotatable bonds is 4. The predicted molar refractivity (Wildman–Crippen MR) is 97.6 cm³/mol. The molecule has 0 aliphatic carbocycles. The molecule has 1 aromatic carbocycles. The summed E-state index contributed by atoms with van der Waals surface area (Å²) in [6.45, 7) is 4.54. The van der Waals surface area contributed by atoms with Crippen LogP contribution in [-0.4, -0.2) is 34.9 Å². The summed E-state index contributed by atoms with van der Waals surface area (Å²) in [7, 11) is 0. The van der Waals surface area contributed by atoms with Gasteiger partial charge in [-0.05, 0) is 38.8 Å². The molecule has 2 atom stereocenters. The van der Waals surface area contributed by atoms with Gasteiger partial charge in [0, 0.05) is 12.1 Å². The van der Waals surface area contributed by atoms with E-state index in [9.17, 15) is 4.79 Å². The third-order valence-corrected chi connectivity index (χ3v) is 4.67. The number of ether oxygens (including phenoxy) is 1. The Kier molecular flexibility index (Phi) is 6.28. The van der Waals surface area contributed by atoms with Crippen LogP contribution >= 0.6 is 23.7 Å². The zero-order valence-corrected chi connectivity index (χ0v) is 15.2. The molecule has 1 aliphatic heterocycles. The van der Waals surface area contributed by atoms with Gasteiger partial charge in [0.15, 0.2) is 0 Å². The summed E-state index contributed by atoms with van der Waals surface area (Å²) in [5, 5.41) is 12.3. The summed E-state index contributed by atoms with van der Waals surface area (Å²) in [5.74, 6) is -0.177. The molecule has 0 spiro atoms. The number of carbonyl (C=O) groups is 1. The molecule has 24 heavy (non-hydrogen) atoms. The lowest BCUT2D eigenvalue weighted by molar-refractivity contribution is -0.126. The van der Waals surface area contributed by atoms with Gasteiger partial charge in [-0.25, -0.2) is 0 Å². The Morgan fingerprint density at radius 2 is 2.00 bits per heavy atom. The molecule has 1 aromatic heterocycles. The standard InChI is InChI=1S/C16H20N4O2S.ClH/c1-9-5-10(2)7-11(6-9)15-19-20-16(23-15)18-14(21)13-4-3-12(8-17)22-13;/h5-7,12-13H,3-4,8,17H2,1-2H3,(H,18,20,21);1H/t12-,13+;/m1./s1. The lowest BCUT2D eigenvalue weighted by Gasteiger charge is -2.10. The van der Waals surface area contributed by atoms with Gasteiger partial charge >= 0.3 is 0 Å². The molecule has 3 N–H and O–H groups in total. The van der Waals surface area contributed by atoms with Gasteiger partial charge in [-0.15, -0.1) is 22.6 Å². The number of anilines is 1. The Morgan fingerprint density at radius 3 is 2.62 bits per heavy atom. The monoisotopic (exact) mass is 368 g/mol. The van der Waals surface area contributed by atoms with Crippen molar-refractivity contribution in [2.45, 2.75) is 38.9 Å². The van der Waals surface area contributed by atoms with Gasteiger partial charge in [-0.1, -0.05) is 28.5 Å². The van der Waals surface area contributed by atoms with Gasteiger partial charge in [-0.3, -0.25) is 10.1 Å². The van der Waals surface area contributed by atoms with E-state index in [1.54, 1.807) is 0 Å². The van der Waals surface area contributed by atoms with Crippen molar-refractivity contribution in [3.05, 3.63) is 29.3 Å². The normalized spacial score (nSPS) is 19.8. The van der Waals surface area contributed by atoms with E-state index >= 15 is 0 Å². The summed E-state index contributed by atoms with van der Waals surface area (Å²) in [6, 6.07) is 6.23. The van der Waals surface area contributed by atoms with Gasteiger partial charge in [0.2, 0.25) is 5.13 Å². The number of carbonyl (C=O) groups excluding carboxylic acids is 1. The van der Waals surface area contributed by atoms with E-state index in [0.717, 1.165) is 17.0 Å². The number of nitrogens with two attached hydrogens (primary N) is 1. The van der Waals surface area contributed by atoms with Crippen molar-refractivity contribution in [3.63, 3.8) is 0 Å². The number of aromatic nitrogens is 2. The number of nitrogens with one attached hydrogen (secondary N) is 1. The molecule has 2 heterocycles. The van der Waals surface area contributed by atoms with Crippen LogP contribution in [0, 0.1) is 13.8 Å². The van der Waals surface area contributed by atoms with Crippen LogP contribution in [-0.2, 0) is 9.53 Å². The molecule has 0 bridgehead atoms. The first-order valence-electron chi connectivity index (χ1n) is 7.63. The van der Waals surface area contributed by atoms with E-state index in [-0.39, 0.29) is 24.4 Å². The quantitative estimate of drug-likeness (QED) is 0.865.